The maximum atomic E-state index is 4.44. The van der Waals surface area contributed by atoms with E-state index in [1.54, 1.807) is 0 Å². The van der Waals surface area contributed by atoms with Crippen LogP contribution < -0.4 is 5.32 Å². The van der Waals surface area contributed by atoms with Crippen molar-refractivity contribution in [3.05, 3.63) is 46.7 Å². The molecule has 0 fully saturated rings. The number of hydrogen-bond acceptors (Lipinski definition) is 2. The molecule has 3 nitrogen and oxygen atoms in total. The molecule has 0 unspecified atom stereocenters. The van der Waals surface area contributed by atoms with E-state index < -0.39 is 0 Å². The van der Waals surface area contributed by atoms with E-state index in [-0.39, 0.29) is 0 Å². The second-order valence-electron chi connectivity index (χ2n) is 3.26. The van der Waals surface area contributed by atoms with E-state index in [1.165, 1.54) is 0 Å². The fourth-order valence-electron chi connectivity index (χ4n) is 1.40. The van der Waals surface area contributed by atoms with E-state index in [9.17, 15) is 0 Å². The Balaban J connectivity index is 2.29. The minimum atomic E-state index is 0.793. The predicted molar refractivity (Wildman–Crippen MR) is 64.0 cm³/mol. The molecule has 0 atom stereocenters. The molecule has 2 aromatic rings. The van der Waals surface area contributed by atoms with Gasteiger partial charge in [-0.2, -0.15) is 5.10 Å². The van der Waals surface area contributed by atoms with Crippen LogP contribution in [0.3, 0.4) is 0 Å². The van der Waals surface area contributed by atoms with Gasteiger partial charge in [0.05, 0.1) is 11.4 Å². The van der Waals surface area contributed by atoms with Gasteiger partial charge in [0.25, 0.3) is 0 Å². The maximum Gasteiger partial charge on any atom is 0.0766 e. The lowest BCUT2D eigenvalue weighted by molar-refractivity contribution is 0.757. The summed E-state index contributed by atoms with van der Waals surface area (Å²) in [7, 11) is 1.91. The monoisotopic (exact) mass is 265 g/mol. The zero-order chi connectivity index (χ0) is 10.7. The van der Waals surface area contributed by atoms with Crippen LogP contribution in [0.4, 0.5) is 0 Å². The summed E-state index contributed by atoms with van der Waals surface area (Å²) in [4.78, 5) is 0. The van der Waals surface area contributed by atoms with Gasteiger partial charge in [-0.3, -0.25) is 0 Å². The molecule has 0 saturated heterocycles. The average molecular weight is 266 g/mol. The van der Waals surface area contributed by atoms with Crippen molar-refractivity contribution in [1.82, 2.24) is 15.1 Å². The van der Waals surface area contributed by atoms with E-state index in [2.05, 4.69) is 26.3 Å². The van der Waals surface area contributed by atoms with Crippen LogP contribution >= 0.6 is 15.9 Å². The Kier molecular flexibility index (Phi) is 3.18. The van der Waals surface area contributed by atoms with Gasteiger partial charge in [-0.25, -0.2) is 4.68 Å². The highest BCUT2D eigenvalue weighted by Gasteiger charge is 2.00. The lowest BCUT2D eigenvalue weighted by atomic mass is 10.3. The Bertz CT molecular complexity index is 451. The van der Waals surface area contributed by atoms with Crippen molar-refractivity contribution < 1.29 is 0 Å². The lowest BCUT2D eigenvalue weighted by Gasteiger charge is -2.01. The van der Waals surface area contributed by atoms with Gasteiger partial charge in [0, 0.05) is 17.2 Å². The van der Waals surface area contributed by atoms with E-state index in [4.69, 9.17) is 0 Å². The molecule has 0 aliphatic rings. The van der Waals surface area contributed by atoms with Crippen molar-refractivity contribution in [2.45, 2.75) is 6.54 Å². The summed E-state index contributed by atoms with van der Waals surface area (Å²) < 4.78 is 2.93. The highest BCUT2D eigenvalue weighted by atomic mass is 79.9. The molecule has 78 valence electrons. The quantitative estimate of drug-likeness (QED) is 0.924. The van der Waals surface area contributed by atoms with Crippen LogP contribution in [0.25, 0.3) is 5.69 Å². The van der Waals surface area contributed by atoms with Crippen LogP contribution in [-0.2, 0) is 6.54 Å². The molecule has 1 heterocycles. The van der Waals surface area contributed by atoms with Gasteiger partial charge in [0.15, 0.2) is 0 Å². The van der Waals surface area contributed by atoms with Crippen molar-refractivity contribution in [1.29, 1.82) is 0 Å². The van der Waals surface area contributed by atoms with Gasteiger partial charge >= 0.3 is 0 Å². The molecule has 4 heteroatoms. The maximum absolute atomic E-state index is 4.44. The molecule has 1 N–H and O–H groups in total. The minimum absolute atomic E-state index is 0.793. The molecule has 0 aliphatic heterocycles. The van der Waals surface area contributed by atoms with Gasteiger partial charge < -0.3 is 5.32 Å². The fourth-order valence-corrected chi connectivity index (χ4v) is 1.79. The summed E-state index contributed by atoms with van der Waals surface area (Å²) >= 11 is 3.44. The molecule has 0 amide bonds. The normalized spacial score (nSPS) is 10.5. The first kappa shape index (κ1) is 10.4. The largest absolute Gasteiger partial charge is 0.314 e. The van der Waals surface area contributed by atoms with Gasteiger partial charge in [-0.05, 0) is 31.3 Å². The molecule has 1 aromatic carbocycles. The van der Waals surface area contributed by atoms with Crippen molar-refractivity contribution in [2.75, 3.05) is 7.05 Å². The first-order valence-electron chi connectivity index (χ1n) is 4.74. The summed E-state index contributed by atoms with van der Waals surface area (Å²) in [5, 5.41) is 7.52. The smallest absolute Gasteiger partial charge is 0.0766 e. The zero-order valence-corrected chi connectivity index (χ0v) is 10.0. The molecule has 0 spiro atoms. The van der Waals surface area contributed by atoms with E-state index in [0.717, 1.165) is 22.4 Å². The molecular formula is C11H12BrN3. The number of aromatic nitrogens is 2. The third kappa shape index (κ3) is 2.46. The molecule has 0 saturated carbocycles. The number of nitrogens with zero attached hydrogens (tertiary/aromatic N) is 2. The standard InChI is InChI=1S/C11H12BrN3/c1-13-8-10-5-6-15(14-10)11-4-2-3-9(12)7-11/h2-7,13H,8H2,1H3. The van der Waals surface area contributed by atoms with Crippen LogP contribution in [0, 0.1) is 0 Å². The van der Waals surface area contributed by atoms with Crippen molar-refractivity contribution in [2.24, 2.45) is 0 Å². The van der Waals surface area contributed by atoms with Crippen LogP contribution in [0.2, 0.25) is 0 Å². The second-order valence-corrected chi connectivity index (χ2v) is 4.18. The van der Waals surface area contributed by atoms with E-state index in [1.807, 2.05) is 48.3 Å². The number of nitrogens with one attached hydrogen (secondary N) is 1. The SMILES string of the molecule is CNCc1ccn(-c2cccc(Br)c2)n1. The Morgan fingerprint density at radius 2 is 2.27 bits per heavy atom. The summed E-state index contributed by atoms with van der Waals surface area (Å²) in [6, 6.07) is 10.1. The Hall–Kier alpha value is -1.13. The highest BCUT2D eigenvalue weighted by molar-refractivity contribution is 9.10. The molecular weight excluding hydrogens is 254 g/mol. The third-order valence-corrected chi connectivity index (χ3v) is 2.57. The minimum Gasteiger partial charge on any atom is -0.314 e. The predicted octanol–water partition coefficient (Wildman–Crippen LogP) is 2.35. The molecule has 0 bridgehead atoms. The van der Waals surface area contributed by atoms with E-state index >= 15 is 0 Å². The van der Waals surface area contributed by atoms with Crippen LogP contribution in [0.15, 0.2) is 41.0 Å². The highest BCUT2D eigenvalue weighted by Crippen LogP contribution is 2.14. The second kappa shape index (κ2) is 4.59. The molecule has 0 radical (unpaired) electrons. The number of rotatable bonds is 3. The van der Waals surface area contributed by atoms with Crippen LogP contribution in [0.5, 0.6) is 0 Å². The lowest BCUT2D eigenvalue weighted by Crippen LogP contribution is -2.06. The van der Waals surface area contributed by atoms with Gasteiger partial charge in [0.1, 0.15) is 0 Å². The molecule has 1 aromatic heterocycles. The number of halogens is 1. The van der Waals surface area contributed by atoms with Gasteiger partial charge in [-0.15, -0.1) is 0 Å². The molecule has 0 aliphatic carbocycles. The molecule has 2 rings (SSSR count). The van der Waals surface area contributed by atoms with E-state index in [0.29, 0.717) is 0 Å². The topological polar surface area (TPSA) is 29.9 Å². The first-order valence-corrected chi connectivity index (χ1v) is 5.54. The average Bonchev–Trinajstić information content (AvgIpc) is 2.67. The zero-order valence-electron chi connectivity index (χ0n) is 8.44. The first-order chi connectivity index (χ1) is 7.29. The number of benzene rings is 1. The Labute approximate surface area is 97.2 Å². The summed E-state index contributed by atoms with van der Waals surface area (Å²) in [5.74, 6) is 0. The van der Waals surface area contributed by atoms with Crippen LogP contribution in [0.1, 0.15) is 5.69 Å². The van der Waals surface area contributed by atoms with Crippen molar-refractivity contribution in [3.8, 4) is 5.69 Å². The summed E-state index contributed by atoms with van der Waals surface area (Å²) in [5.41, 5.74) is 2.10. The van der Waals surface area contributed by atoms with Crippen molar-refractivity contribution in [3.63, 3.8) is 0 Å². The Morgan fingerprint density at radius 3 is 3.00 bits per heavy atom. The van der Waals surface area contributed by atoms with Crippen LogP contribution in [-0.4, -0.2) is 16.8 Å². The summed E-state index contributed by atoms with van der Waals surface area (Å²) in [6.45, 7) is 0.793. The number of hydrogen-bond donors (Lipinski definition) is 1. The summed E-state index contributed by atoms with van der Waals surface area (Å²) in [6.07, 6.45) is 1.97. The third-order valence-electron chi connectivity index (χ3n) is 2.07. The Morgan fingerprint density at radius 1 is 1.40 bits per heavy atom. The van der Waals surface area contributed by atoms with Gasteiger partial charge in [-0.1, -0.05) is 22.0 Å². The van der Waals surface area contributed by atoms with Gasteiger partial charge in [0.2, 0.25) is 0 Å². The fraction of sp³-hybridized carbons (Fsp3) is 0.182. The molecule has 15 heavy (non-hydrogen) atoms. The van der Waals surface area contributed by atoms with Crippen molar-refractivity contribution >= 4 is 15.9 Å².